The van der Waals surface area contributed by atoms with Crippen LogP contribution in [0.25, 0.3) is 11.3 Å². The zero-order chi connectivity index (χ0) is 16.6. The molecule has 1 N–H and O–H groups in total. The van der Waals surface area contributed by atoms with Crippen molar-refractivity contribution in [2.24, 2.45) is 5.92 Å². The van der Waals surface area contributed by atoms with Crippen molar-refractivity contribution in [1.29, 1.82) is 0 Å². The van der Waals surface area contributed by atoms with Gasteiger partial charge in [0.25, 0.3) is 0 Å². The summed E-state index contributed by atoms with van der Waals surface area (Å²) in [6.07, 6.45) is -0.0398. The lowest BCUT2D eigenvalue weighted by Gasteiger charge is -2.12. The van der Waals surface area contributed by atoms with E-state index < -0.39 is 21.9 Å². The Hall–Kier alpha value is -2.29. The van der Waals surface area contributed by atoms with Crippen LogP contribution in [0.15, 0.2) is 30.3 Å². The highest BCUT2D eigenvalue weighted by atomic mass is 32.3. The van der Waals surface area contributed by atoms with Gasteiger partial charge in [0.2, 0.25) is 5.91 Å². The Balaban J connectivity index is 1.78. The molecule has 0 spiro atoms. The number of aromatic nitrogens is 2. The van der Waals surface area contributed by atoms with E-state index >= 15 is 0 Å². The maximum Gasteiger partial charge on any atom is 0.302 e. The molecule has 1 aliphatic rings. The molecule has 9 heteroatoms. The Morgan fingerprint density at radius 1 is 1.30 bits per heavy atom. The largest absolute Gasteiger partial charge is 0.302 e. The second-order valence-corrected chi connectivity index (χ2v) is 6.84. The van der Waals surface area contributed by atoms with Gasteiger partial charge in [-0.25, -0.2) is 4.39 Å². The topological polar surface area (TPSA) is 83.1 Å². The highest BCUT2D eigenvalue weighted by Crippen LogP contribution is 2.28. The lowest BCUT2D eigenvalue weighted by atomic mass is 10.1. The van der Waals surface area contributed by atoms with Gasteiger partial charge in [-0.15, -0.1) is 3.89 Å². The van der Waals surface area contributed by atoms with Crippen molar-refractivity contribution in [1.82, 2.24) is 10.2 Å². The van der Waals surface area contributed by atoms with E-state index in [1.165, 1.54) is 17.0 Å². The minimum absolute atomic E-state index is 0.0398. The minimum Gasteiger partial charge on any atom is -0.295 e. The smallest absolute Gasteiger partial charge is 0.295 e. The van der Waals surface area contributed by atoms with E-state index in [9.17, 15) is 21.5 Å². The zero-order valence-corrected chi connectivity index (χ0v) is 12.7. The summed E-state index contributed by atoms with van der Waals surface area (Å²) in [5, 5.41) is 6.76. The summed E-state index contributed by atoms with van der Waals surface area (Å²) < 4.78 is 47.1. The van der Waals surface area contributed by atoms with E-state index in [1.54, 1.807) is 18.2 Å². The first-order chi connectivity index (χ1) is 10.8. The monoisotopic (exact) mass is 341 g/mol. The number of nitrogens with zero attached hydrogens (tertiary/aromatic N) is 2. The number of carbonyl (C=O) groups excluding carboxylic acids is 1. The molecule has 1 amide bonds. The van der Waals surface area contributed by atoms with Gasteiger partial charge in [0.05, 0.1) is 11.4 Å². The number of hydrogen-bond acceptors (Lipinski definition) is 4. The summed E-state index contributed by atoms with van der Waals surface area (Å²) in [6, 6.07) is 7.35. The summed E-state index contributed by atoms with van der Waals surface area (Å²) in [6.45, 7) is 0.0930. The average Bonchev–Trinajstić information content (AvgIpc) is 3.04. The van der Waals surface area contributed by atoms with Gasteiger partial charge in [0, 0.05) is 24.9 Å². The SMILES string of the molecule is O=C1CC(CS(=O)(=O)F)CN1c1cc(-c2ccc(F)cc2)[nH]n1. The van der Waals surface area contributed by atoms with Crippen molar-refractivity contribution in [3.8, 4) is 11.3 Å². The summed E-state index contributed by atoms with van der Waals surface area (Å²) in [7, 11) is -4.62. The molecule has 0 radical (unpaired) electrons. The van der Waals surface area contributed by atoms with Crippen LogP contribution in [0.4, 0.5) is 14.1 Å². The van der Waals surface area contributed by atoms with Crippen molar-refractivity contribution < 1.29 is 21.5 Å². The molecule has 1 unspecified atom stereocenters. The molecule has 1 saturated heterocycles. The Kier molecular flexibility index (Phi) is 3.88. The molecule has 122 valence electrons. The first-order valence-electron chi connectivity index (χ1n) is 6.86. The second-order valence-electron chi connectivity index (χ2n) is 5.43. The van der Waals surface area contributed by atoms with Gasteiger partial charge >= 0.3 is 10.2 Å². The number of rotatable bonds is 4. The van der Waals surface area contributed by atoms with Crippen LogP contribution in [-0.2, 0) is 15.0 Å². The molecule has 0 bridgehead atoms. The predicted molar refractivity (Wildman–Crippen MR) is 79.3 cm³/mol. The number of hydrogen-bond donors (Lipinski definition) is 1. The first-order valence-corrected chi connectivity index (χ1v) is 8.41. The fraction of sp³-hybridized carbons (Fsp3) is 0.286. The molecule has 6 nitrogen and oxygen atoms in total. The van der Waals surface area contributed by atoms with Crippen molar-refractivity contribution in [2.45, 2.75) is 6.42 Å². The van der Waals surface area contributed by atoms with Crippen LogP contribution in [0.2, 0.25) is 0 Å². The Labute approximate surface area is 131 Å². The van der Waals surface area contributed by atoms with Crippen molar-refractivity contribution in [3.63, 3.8) is 0 Å². The molecular weight excluding hydrogens is 328 g/mol. The summed E-state index contributed by atoms with van der Waals surface area (Å²) in [5.74, 6) is -1.62. The van der Waals surface area contributed by atoms with Gasteiger partial charge in [-0.3, -0.25) is 14.8 Å². The molecule has 1 atom stereocenters. The lowest BCUT2D eigenvalue weighted by molar-refractivity contribution is -0.117. The van der Waals surface area contributed by atoms with Crippen LogP contribution in [0.1, 0.15) is 6.42 Å². The molecule has 0 saturated carbocycles. The third-order valence-corrected chi connectivity index (χ3v) is 4.51. The molecule has 2 heterocycles. The molecular formula is C14H13F2N3O3S. The van der Waals surface area contributed by atoms with Crippen LogP contribution in [0.3, 0.4) is 0 Å². The maximum atomic E-state index is 12.9. The highest BCUT2D eigenvalue weighted by molar-refractivity contribution is 7.86. The molecule has 1 aromatic carbocycles. The number of benzene rings is 1. The van der Waals surface area contributed by atoms with Crippen LogP contribution < -0.4 is 4.90 Å². The van der Waals surface area contributed by atoms with E-state index in [0.717, 1.165) is 0 Å². The van der Waals surface area contributed by atoms with Crippen molar-refractivity contribution in [3.05, 3.63) is 36.1 Å². The van der Waals surface area contributed by atoms with Crippen molar-refractivity contribution >= 4 is 21.9 Å². The number of halogens is 2. The van der Waals surface area contributed by atoms with Gasteiger partial charge in [0.1, 0.15) is 5.82 Å². The number of anilines is 1. The number of aromatic amines is 1. The number of nitrogens with one attached hydrogen (secondary N) is 1. The number of carbonyl (C=O) groups is 1. The van der Waals surface area contributed by atoms with Gasteiger partial charge in [-0.05, 0) is 29.8 Å². The van der Waals surface area contributed by atoms with E-state index in [-0.39, 0.29) is 24.7 Å². The van der Waals surface area contributed by atoms with Gasteiger partial charge in [0.15, 0.2) is 5.82 Å². The predicted octanol–water partition coefficient (Wildman–Crippen LogP) is 1.87. The van der Waals surface area contributed by atoms with E-state index in [1.807, 2.05) is 0 Å². The molecule has 1 fully saturated rings. The average molecular weight is 341 g/mol. The fourth-order valence-corrected chi connectivity index (χ4v) is 3.41. The molecule has 2 aromatic rings. The van der Waals surface area contributed by atoms with Crippen LogP contribution >= 0.6 is 0 Å². The second kappa shape index (κ2) is 5.73. The van der Waals surface area contributed by atoms with Crippen LogP contribution in [-0.4, -0.2) is 36.8 Å². The number of amides is 1. The maximum absolute atomic E-state index is 12.9. The van der Waals surface area contributed by atoms with E-state index in [0.29, 0.717) is 17.1 Å². The van der Waals surface area contributed by atoms with Gasteiger partial charge in [-0.2, -0.15) is 13.5 Å². The third kappa shape index (κ3) is 3.55. The third-order valence-electron chi connectivity index (χ3n) is 3.64. The molecule has 1 aromatic heterocycles. The Morgan fingerprint density at radius 2 is 2.00 bits per heavy atom. The molecule has 1 aliphatic heterocycles. The van der Waals surface area contributed by atoms with Crippen molar-refractivity contribution in [2.75, 3.05) is 17.2 Å². The Bertz CT molecular complexity index is 833. The van der Waals surface area contributed by atoms with E-state index in [4.69, 9.17) is 0 Å². The summed E-state index contributed by atoms with van der Waals surface area (Å²) >= 11 is 0. The van der Waals surface area contributed by atoms with Gasteiger partial charge in [-0.1, -0.05) is 0 Å². The number of H-pyrrole nitrogens is 1. The standard InChI is InChI=1S/C14H13F2N3O3S/c15-11-3-1-10(2-4-11)12-6-13(18-17-12)19-7-9(5-14(19)20)8-23(16,21)22/h1-4,6,9H,5,7-8H2,(H,17,18). The Morgan fingerprint density at radius 3 is 2.65 bits per heavy atom. The fourth-order valence-electron chi connectivity index (χ4n) is 2.62. The lowest BCUT2D eigenvalue weighted by Crippen LogP contribution is -2.25. The molecule has 3 rings (SSSR count). The zero-order valence-electron chi connectivity index (χ0n) is 11.9. The van der Waals surface area contributed by atoms with Gasteiger partial charge < -0.3 is 0 Å². The first kappa shape index (κ1) is 15.6. The highest BCUT2D eigenvalue weighted by Gasteiger charge is 2.34. The summed E-state index contributed by atoms with van der Waals surface area (Å²) in [5.41, 5.74) is 1.29. The van der Waals surface area contributed by atoms with E-state index in [2.05, 4.69) is 10.2 Å². The molecule has 0 aliphatic carbocycles. The quantitative estimate of drug-likeness (QED) is 0.861. The van der Waals surface area contributed by atoms with Crippen LogP contribution in [0.5, 0.6) is 0 Å². The molecule has 23 heavy (non-hydrogen) atoms. The minimum atomic E-state index is -4.62. The summed E-state index contributed by atoms with van der Waals surface area (Å²) in [4.78, 5) is 13.3. The normalized spacial score (nSPS) is 18.6. The van der Waals surface area contributed by atoms with Crippen LogP contribution in [0, 0.1) is 11.7 Å².